The van der Waals surface area contributed by atoms with Crippen LogP contribution in [-0.4, -0.2) is 23.0 Å². The van der Waals surface area contributed by atoms with Gasteiger partial charge >= 0.3 is 5.97 Å². The normalized spacial score (nSPS) is 11.9. The van der Waals surface area contributed by atoms with Gasteiger partial charge in [0, 0.05) is 18.0 Å². The smallest absolute Gasteiger partial charge is 0.339 e. The Morgan fingerprint density at radius 3 is 2.74 bits per heavy atom. The van der Waals surface area contributed by atoms with Crippen LogP contribution in [0.3, 0.4) is 0 Å². The average molecular weight is 321 g/mol. The van der Waals surface area contributed by atoms with Crippen molar-refractivity contribution < 1.29 is 9.53 Å². The molecule has 0 saturated carbocycles. The summed E-state index contributed by atoms with van der Waals surface area (Å²) in [6.45, 7) is 1.92. The number of hydrogen-bond acceptors (Lipinski definition) is 4. The Bertz CT molecular complexity index is 585. The van der Waals surface area contributed by atoms with Crippen LogP contribution in [0.2, 0.25) is 0 Å². The summed E-state index contributed by atoms with van der Waals surface area (Å²) in [4.78, 5) is 20.2. The molecule has 0 fully saturated rings. The molecular weight excluding hydrogens is 308 g/mol. The van der Waals surface area contributed by atoms with Gasteiger partial charge in [-0.25, -0.2) is 4.79 Å². The van der Waals surface area contributed by atoms with Crippen molar-refractivity contribution in [2.45, 2.75) is 11.8 Å². The molecule has 0 spiro atoms. The number of carbonyl (C=O) groups excluding carboxylic acids is 1. The molecule has 98 valence electrons. The average Bonchev–Trinajstić information content (AvgIpc) is 2.46. The van der Waals surface area contributed by atoms with Crippen LogP contribution >= 0.6 is 15.9 Å². The molecule has 4 nitrogen and oxygen atoms in total. The number of carbonyl (C=O) groups is 1. The van der Waals surface area contributed by atoms with Crippen molar-refractivity contribution in [2.24, 2.45) is 0 Å². The van der Waals surface area contributed by atoms with Gasteiger partial charge in [0.15, 0.2) is 0 Å². The molecule has 2 aromatic rings. The van der Waals surface area contributed by atoms with E-state index in [4.69, 9.17) is 4.74 Å². The van der Waals surface area contributed by atoms with Crippen molar-refractivity contribution in [1.82, 2.24) is 9.97 Å². The van der Waals surface area contributed by atoms with Gasteiger partial charge in [-0.15, -0.1) is 0 Å². The quantitative estimate of drug-likeness (QED) is 0.642. The predicted molar refractivity (Wildman–Crippen MR) is 76.1 cm³/mol. The first-order chi connectivity index (χ1) is 9.13. The van der Waals surface area contributed by atoms with Gasteiger partial charge in [-0.2, -0.15) is 0 Å². The Morgan fingerprint density at radius 1 is 1.37 bits per heavy atom. The lowest BCUT2D eigenvalue weighted by Gasteiger charge is -2.11. The van der Waals surface area contributed by atoms with E-state index in [0.29, 0.717) is 11.3 Å². The lowest BCUT2D eigenvalue weighted by molar-refractivity contribution is 0.0599. The number of halogens is 1. The number of ether oxygens (including phenoxy) is 1. The molecule has 0 radical (unpaired) electrons. The van der Waals surface area contributed by atoms with Crippen LogP contribution in [0.1, 0.15) is 27.8 Å². The molecule has 0 saturated heterocycles. The van der Waals surface area contributed by atoms with Gasteiger partial charge in [-0.3, -0.25) is 9.97 Å². The molecule has 19 heavy (non-hydrogen) atoms. The Hall–Kier alpha value is -1.75. The third kappa shape index (κ3) is 2.98. The molecule has 1 unspecified atom stereocenters. The summed E-state index contributed by atoms with van der Waals surface area (Å²) < 4.78 is 4.76. The predicted octanol–water partition coefficient (Wildman–Crippen LogP) is 3.39. The number of aromatic nitrogens is 2. The van der Waals surface area contributed by atoms with Gasteiger partial charge in [0.25, 0.3) is 0 Å². The van der Waals surface area contributed by atoms with Crippen LogP contribution in [0.4, 0.5) is 0 Å². The molecule has 0 bridgehead atoms. The topological polar surface area (TPSA) is 52.1 Å². The van der Waals surface area contributed by atoms with Gasteiger partial charge in [0.2, 0.25) is 0 Å². The van der Waals surface area contributed by atoms with Gasteiger partial charge in [-0.1, -0.05) is 15.9 Å². The minimum atomic E-state index is -0.383. The van der Waals surface area contributed by atoms with E-state index >= 15 is 0 Å². The third-order valence-electron chi connectivity index (χ3n) is 2.66. The van der Waals surface area contributed by atoms with Crippen molar-refractivity contribution >= 4 is 21.9 Å². The second-order valence-corrected chi connectivity index (χ2v) is 5.35. The van der Waals surface area contributed by atoms with E-state index in [1.165, 1.54) is 7.11 Å². The second kappa shape index (κ2) is 5.93. The molecular formula is C14H13BrN2O2. The van der Waals surface area contributed by atoms with E-state index in [2.05, 4.69) is 25.9 Å². The number of esters is 1. The van der Waals surface area contributed by atoms with Crippen molar-refractivity contribution in [3.05, 3.63) is 47.9 Å². The lowest BCUT2D eigenvalue weighted by Crippen LogP contribution is -2.08. The highest BCUT2D eigenvalue weighted by Gasteiger charge is 2.17. The summed E-state index contributed by atoms with van der Waals surface area (Å²) in [5.74, 6) is -0.383. The highest BCUT2D eigenvalue weighted by molar-refractivity contribution is 9.09. The van der Waals surface area contributed by atoms with Gasteiger partial charge in [0.1, 0.15) is 0 Å². The monoisotopic (exact) mass is 320 g/mol. The van der Waals surface area contributed by atoms with Crippen LogP contribution in [0.25, 0.3) is 11.3 Å². The molecule has 0 aliphatic heterocycles. The van der Waals surface area contributed by atoms with Crippen LogP contribution < -0.4 is 0 Å². The first-order valence-corrected chi connectivity index (χ1v) is 6.68. The van der Waals surface area contributed by atoms with Crippen molar-refractivity contribution in [3.63, 3.8) is 0 Å². The fourth-order valence-electron chi connectivity index (χ4n) is 1.74. The highest BCUT2D eigenvalue weighted by atomic mass is 79.9. The van der Waals surface area contributed by atoms with Gasteiger partial charge < -0.3 is 4.74 Å². The number of nitrogens with zero attached hydrogens (tertiary/aromatic N) is 2. The van der Waals surface area contributed by atoms with E-state index < -0.39 is 0 Å². The standard InChI is InChI=1S/C14H13BrN2O2/c1-9(15)13-11(14(18)19-2)5-6-12(17-13)10-4-3-7-16-8-10/h3-9H,1-2H3. The maximum Gasteiger partial charge on any atom is 0.339 e. The molecule has 0 aliphatic rings. The molecule has 0 amide bonds. The third-order valence-corrected chi connectivity index (χ3v) is 3.10. The molecule has 2 heterocycles. The Morgan fingerprint density at radius 2 is 2.16 bits per heavy atom. The number of methoxy groups -OCH3 is 1. The lowest BCUT2D eigenvalue weighted by atomic mass is 10.1. The molecule has 0 aliphatic carbocycles. The fourth-order valence-corrected chi connectivity index (χ4v) is 2.08. The molecule has 5 heteroatoms. The summed E-state index contributed by atoms with van der Waals surface area (Å²) in [7, 11) is 1.36. The second-order valence-electron chi connectivity index (χ2n) is 3.98. The largest absolute Gasteiger partial charge is 0.465 e. The van der Waals surface area contributed by atoms with Gasteiger partial charge in [-0.05, 0) is 31.2 Å². The first-order valence-electron chi connectivity index (χ1n) is 5.77. The van der Waals surface area contributed by atoms with Crippen LogP contribution in [0, 0.1) is 0 Å². The number of pyridine rings is 2. The Kier molecular flexibility index (Phi) is 4.27. The molecule has 2 rings (SSSR count). The summed E-state index contributed by atoms with van der Waals surface area (Å²) in [6.07, 6.45) is 3.45. The minimum Gasteiger partial charge on any atom is -0.465 e. The van der Waals surface area contributed by atoms with E-state index in [-0.39, 0.29) is 10.8 Å². The maximum atomic E-state index is 11.7. The Balaban J connectivity index is 2.51. The Labute approximate surface area is 120 Å². The van der Waals surface area contributed by atoms with E-state index in [9.17, 15) is 4.79 Å². The summed E-state index contributed by atoms with van der Waals surface area (Å²) in [5.41, 5.74) is 2.82. The summed E-state index contributed by atoms with van der Waals surface area (Å²) in [6, 6.07) is 7.30. The summed E-state index contributed by atoms with van der Waals surface area (Å²) in [5, 5.41) is 0. The highest BCUT2D eigenvalue weighted by Crippen LogP contribution is 2.27. The minimum absolute atomic E-state index is 0.0433. The zero-order valence-corrected chi connectivity index (χ0v) is 12.2. The van der Waals surface area contributed by atoms with E-state index in [0.717, 1.165) is 11.3 Å². The maximum absolute atomic E-state index is 11.7. The van der Waals surface area contributed by atoms with E-state index in [1.54, 1.807) is 24.5 Å². The molecule has 0 N–H and O–H groups in total. The van der Waals surface area contributed by atoms with Crippen molar-refractivity contribution in [2.75, 3.05) is 7.11 Å². The van der Waals surface area contributed by atoms with Crippen molar-refractivity contribution in [1.29, 1.82) is 0 Å². The fraction of sp³-hybridized carbons (Fsp3) is 0.214. The summed E-state index contributed by atoms with van der Waals surface area (Å²) >= 11 is 3.45. The van der Waals surface area contributed by atoms with Crippen LogP contribution in [0.15, 0.2) is 36.7 Å². The number of rotatable bonds is 3. The van der Waals surface area contributed by atoms with Crippen LogP contribution in [0.5, 0.6) is 0 Å². The molecule has 1 atom stereocenters. The first kappa shape index (κ1) is 13.7. The van der Waals surface area contributed by atoms with Crippen LogP contribution in [-0.2, 0) is 4.74 Å². The van der Waals surface area contributed by atoms with Gasteiger partial charge in [0.05, 0.1) is 28.9 Å². The number of hydrogen-bond donors (Lipinski definition) is 0. The van der Waals surface area contributed by atoms with Crippen molar-refractivity contribution in [3.8, 4) is 11.3 Å². The molecule has 0 aromatic carbocycles. The van der Waals surface area contributed by atoms with E-state index in [1.807, 2.05) is 19.1 Å². The zero-order valence-electron chi connectivity index (χ0n) is 10.6. The SMILES string of the molecule is COC(=O)c1ccc(-c2cccnc2)nc1C(C)Br. The number of alkyl halides is 1. The zero-order chi connectivity index (χ0) is 13.8. The molecule has 2 aromatic heterocycles.